The van der Waals surface area contributed by atoms with E-state index in [9.17, 15) is 4.79 Å². The molecule has 0 aliphatic carbocycles. The van der Waals surface area contributed by atoms with Crippen LogP contribution in [0.4, 0.5) is 10.7 Å². The van der Waals surface area contributed by atoms with E-state index in [4.69, 9.17) is 4.74 Å². The van der Waals surface area contributed by atoms with Crippen LogP contribution in [0, 0.1) is 0 Å². The number of hydrogen-bond acceptors (Lipinski definition) is 5. The normalized spacial score (nSPS) is 14.3. The van der Waals surface area contributed by atoms with Crippen LogP contribution in [-0.4, -0.2) is 34.8 Å². The Balaban J connectivity index is 1.64. The Labute approximate surface area is 154 Å². The Kier molecular flexibility index (Phi) is 5.40. The van der Waals surface area contributed by atoms with Crippen LogP contribution < -0.4 is 10.2 Å². The highest BCUT2D eigenvalue weighted by atomic mass is 16.6. The maximum absolute atomic E-state index is 11.8. The third-order valence-electron chi connectivity index (χ3n) is 4.12. The number of anilines is 1. The number of carbonyl (C=O) groups excluding carboxylic acids is 1. The van der Waals surface area contributed by atoms with Gasteiger partial charge in [0.1, 0.15) is 5.60 Å². The van der Waals surface area contributed by atoms with Crippen molar-refractivity contribution in [3.63, 3.8) is 0 Å². The first-order chi connectivity index (χ1) is 12.4. The minimum Gasteiger partial charge on any atom is -0.444 e. The van der Waals surface area contributed by atoms with Gasteiger partial charge in [0, 0.05) is 37.6 Å². The largest absolute Gasteiger partial charge is 0.444 e. The molecule has 1 fully saturated rings. The maximum Gasteiger partial charge on any atom is 0.407 e. The molecule has 1 aliphatic rings. The van der Waals surface area contributed by atoms with Gasteiger partial charge >= 0.3 is 6.09 Å². The molecule has 1 N–H and O–H groups in total. The van der Waals surface area contributed by atoms with Crippen LogP contribution in [-0.2, 0) is 11.3 Å². The van der Waals surface area contributed by atoms with Gasteiger partial charge in [-0.3, -0.25) is 0 Å². The second kappa shape index (κ2) is 7.72. The highest BCUT2D eigenvalue weighted by molar-refractivity contribution is 5.68. The highest BCUT2D eigenvalue weighted by Gasteiger charge is 2.16. The fraction of sp³-hybridized carbons (Fsp3) is 0.450. The molecule has 1 amide bonds. The summed E-state index contributed by atoms with van der Waals surface area (Å²) in [6.07, 6.45) is 5.72. The van der Waals surface area contributed by atoms with Crippen molar-refractivity contribution in [3.8, 4) is 11.1 Å². The molecule has 0 radical (unpaired) electrons. The SMILES string of the molecule is CC(C)(C)OC(=O)NCc1cccc(-c2cnc(N3CCCC3)nc2)c1. The van der Waals surface area contributed by atoms with Crippen molar-refractivity contribution in [1.29, 1.82) is 0 Å². The molecule has 2 heterocycles. The Morgan fingerprint density at radius 3 is 2.50 bits per heavy atom. The monoisotopic (exact) mass is 354 g/mol. The average Bonchev–Trinajstić information content (AvgIpc) is 3.14. The average molecular weight is 354 g/mol. The summed E-state index contributed by atoms with van der Waals surface area (Å²) in [5.41, 5.74) is 2.49. The van der Waals surface area contributed by atoms with Crippen molar-refractivity contribution >= 4 is 12.0 Å². The molecule has 0 saturated carbocycles. The first-order valence-electron chi connectivity index (χ1n) is 9.04. The molecule has 26 heavy (non-hydrogen) atoms. The van der Waals surface area contributed by atoms with E-state index in [1.807, 2.05) is 57.4 Å². The second-order valence-corrected chi connectivity index (χ2v) is 7.52. The van der Waals surface area contributed by atoms with E-state index in [0.29, 0.717) is 6.54 Å². The van der Waals surface area contributed by atoms with Gasteiger partial charge in [-0.25, -0.2) is 14.8 Å². The second-order valence-electron chi connectivity index (χ2n) is 7.52. The zero-order valence-corrected chi connectivity index (χ0v) is 15.7. The van der Waals surface area contributed by atoms with Crippen LogP contribution in [0.2, 0.25) is 0 Å². The summed E-state index contributed by atoms with van der Waals surface area (Å²) >= 11 is 0. The summed E-state index contributed by atoms with van der Waals surface area (Å²) in [6.45, 7) is 8.02. The first kappa shape index (κ1) is 18.2. The van der Waals surface area contributed by atoms with Gasteiger partial charge in [-0.1, -0.05) is 18.2 Å². The summed E-state index contributed by atoms with van der Waals surface area (Å²) in [6, 6.07) is 7.99. The maximum atomic E-state index is 11.8. The van der Waals surface area contributed by atoms with Gasteiger partial charge in [-0.05, 0) is 50.8 Å². The lowest BCUT2D eigenvalue weighted by molar-refractivity contribution is 0.0523. The molecule has 0 atom stereocenters. The highest BCUT2D eigenvalue weighted by Crippen LogP contribution is 2.22. The van der Waals surface area contributed by atoms with E-state index in [0.717, 1.165) is 35.7 Å². The molecule has 3 rings (SSSR count). The molecule has 1 saturated heterocycles. The number of nitrogens with zero attached hydrogens (tertiary/aromatic N) is 3. The van der Waals surface area contributed by atoms with Crippen LogP contribution in [0.15, 0.2) is 36.7 Å². The number of aromatic nitrogens is 2. The summed E-state index contributed by atoms with van der Waals surface area (Å²) in [7, 11) is 0. The molecular weight excluding hydrogens is 328 g/mol. The number of nitrogens with one attached hydrogen (secondary N) is 1. The van der Waals surface area contributed by atoms with Crippen LogP contribution in [0.3, 0.4) is 0 Å². The Morgan fingerprint density at radius 2 is 1.85 bits per heavy atom. The number of ether oxygens (including phenoxy) is 1. The number of alkyl carbamates (subject to hydrolysis) is 1. The van der Waals surface area contributed by atoms with Gasteiger partial charge < -0.3 is 15.0 Å². The molecule has 0 bridgehead atoms. The van der Waals surface area contributed by atoms with Gasteiger partial charge in [0.15, 0.2) is 0 Å². The van der Waals surface area contributed by atoms with Crippen molar-refractivity contribution in [2.45, 2.75) is 45.8 Å². The van der Waals surface area contributed by atoms with Crippen LogP contribution >= 0.6 is 0 Å². The topological polar surface area (TPSA) is 67.3 Å². The van der Waals surface area contributed by atoms with Crippen molar-refractivity contribution in [2.24, 2.45) is 0 Å². The molecular formula is C20H26N4O2. The van der Waals surface area contributed by atoms with E-state index in [1.165, 1.54) is 12.8 Å². The molecule has 6 heteroatoms. The summed E-state index contributed by atoms with van der Waals surface area (Å²) in [5.74, 6) is 0.800. The molecule has 138 valence electrons. The van der Waals surface area contributed by atoms with Gasteiger partial charge in [0.05, 0.1) is 0 Å². The Morgan fingerprint density at radius 1 is 1.15 bits per heavy atom. The molecule has 1 aromatic carbocycles. The van der Waals surface area contributed by atoms with Crippen LogP contribution in [0.25, 0.3) is 11.1 Å². The molecule has 0 spiro atoms. The number of rotatable bonds is 4. The third kappa shape index (κ3) is 4.94. The van der Waals surface area contributed by atoms with Crippen LogP contribution in [0.1, 0.15) is 39.2 Å². The lowest BCUT2D eigenvalue weighted by Gasteiger charge is -2.19. The fourth-order valence-corrected chi connectivity index (χ4v) is 2.90. The van der Waals surface area contributed by atoms with Gasteiger partial charge in [-0.2, -0.15) is 0 Å². The van der Waals surface area contributed by atoms with E-state index in [1.54, 1.807) is 0 Å². The summed E-state index contributed by atoms with van der Waals surface area (Å²) in [5, 5.41) is 2.78. The van der Waals surface area contributed by atoms with E-state index in [-0.39, 0.29) is 0 Å². The quantitative estimate of drug-likeness (QED) is 0.905. The van der Waals surface area contributed by atoms with E-state index in [2.05, 4.69) is 20.2 Å². The van der Waals surface area contributed by atoms with Gasteiger partial charge in [0.2, 0.25) is 5.95 Å². The predicted octanol–water partition coefficient (Wildman–Crippen LogP) is 3.77. The standard InChI is InChI=1S/C20H26N4O2/c1-20(2,3)26-19(25)23-12-15-7-6-8-16(11-15)17-13-21-18(22-14-17)24-9-4-5-10-24/h6-8,11,13-14H,4-5,9-10,12H2,1-3H3,(H,23,25). The number of benzene rings is 1. The Hall–Kier alpha value is -2.63. The molecule has 1 aromatic heterocycles. The third-order valence-corrected chi connectivity index (χ3v) is 4.12. The van der Waals surface area contributed by atoms with Crippen LogP contribution in [0.5, 0.6) is 0 Å². The lowest BCUT2D eigenvalue weighted by atomic mass is 10.1. The van der Waals surface area contributed by atoms with Crippen molar-refractivity contribution in [3.05, 3.63) is 42.2 Å². The number of amides is 1. The van der Waals surface area contributed by atoms with Crippen molar-refractivity contribution in [2.75, 3.05) is 18.0 Å². The molecule has 6 nitrogen and oxygen atoms in total. The smallest absolute Gasteiger partial charge is 0.407 e. The molecule has 1 aliphatic heterocycles. The van der Waals surface area contributed by atoms with E-state index >= 15 is 0 Å². The van der Waals surface area contributed by atoms with Crippen molar-refractivity contribution in [1.82, 2.24) is 15.3 Å². The Bertz CT molecular complexity index is 747. The summed E-state index contributed by atoms with van der Waals surface area (Å²) in [4.78, 5) is 23.0. The van der Waals surface area contributed by atoms with Crippen molar-refractivity contribution < 1.29 is 9.53 Å². The first-order valence-corrected chi connectivity index (χ1v) is 9.04. The fourth-order valence-electron chi connectivity index (χ4n) is 2.90. The minimum absolute atomic E-state index is 0.412. The number of hydrogen-bond donors (Lipinski definition) is 1. The minimum atomic E-state index is -0.500. The lowest BCUT2D eigenvalue weighted by Crippen LogP contribution is -2.32. The molecule has 0 unspecified atom stereocenters. The van der Waals surface area contributed by atoms with Gasteiger partial charge in [-0.15, -0.1) is 0 Å². The summed E-state index contributed by atoms with van der Waals surface area (Å²) < 4.78 is 5.26. The predicted molar refractivity (Wildman–Crippen MR) is 102 cm³/mol. The molecule has 2 aromatic rings. The zero-order valence-electron chi connectivity index (χ0n) is 15.7. The van der Waals surface area contributed by atoms with E-state index < -0.39 is 11.7 Å². The van der Waals surface area contributed by atoms with Gasteiger partial charge in [0.25, 0.3) is 0 Å². The number of carbonyl (C=O) groups is 1. The zero-order chi connectivity index (χ0) is 18.6.